The lowest BCUT2D eigenvalue weighted by atomic mass is 10.3. The largest absolute Gasteiger partial charge is 0.481 e. The molecule has 0 fully saturated rings. The Balaban J connectivity index is 2.59. The third-order valence-corrected chi connectivity index (χ3v) is 1.28. The van der Waals surface area contributed by atoms with Crippen LogP contribution in [-0.2, 0) is 4.79 Å². The van der Waals surface area contributed by atoms with E-state index in [1.165, 1.54) is 0 Å². The molecule has 0 aromatic carbocycles. The van der Waals surface area contributed by atoms with E-state index in [9.17, 15) is 9.59 Å². The van der Waals surface area contributed by atoms with Gasteiger partial charge in [0.2, 0.25) is 5.95 Å². The zero-order valence-corrected chi connectivity index (χ0v) is 6.54. The summed E-state index contributed by atoms with van der Waals surface area (Å²) in [4.78, 5) is 21.2. The maximum absolute atomic E-state index is 11.1. The molecule has 0 unspecified atom stereocenters. The maximum atomic E-state index is 11.1. The maximum Gasteiger partial charge on any atom is 0.303 e. The van der Waals surface area contributed by atoms with Crippen molar-refractivity contribution in [3.8, 4) is 0 Å². The van der Waals surface area contributed by atoms with Crippen LogP contribution in [0.15, 0.2) is 0 Å². The first-order valence-corrected chi connectivity index (χ1v) is 3.40. The molecule has 13 heavy (non-hydrogen) atoms. The Morgan fingerprint density at radius 2 is 2.15 bits per heavy atom. The summed E-state index contributed by atoms with van der Waals surface area (Å²) >= 11 is 0. The molecule has 0 atom stereocenters. The standard InChI is InChI=1S/C5H7N5O3/c6-5-7-8-9-10(5)3(11)1-2-4(12)13/h1-2H2,(H,12,13)(H2,6,7,9). The highest BCUT2D eigenvalue weighted by Gasteiger charge is 2.12. The number of carboxylic acid groups (broad SMARTS) is 1. The number of rotatable bonds is 3. The second-order valence-electron chi connectivity index (χ2n) is 2.24. The Kier molecular flexibility index (Phi) is 2.52. The number of tetrazole rings is 1. The van der Waals surface area contributed by atoms with E-state index in [1.54, 1.807) is 0 Å². The molecule has 0 spiro atoms. The SMILES string of the molecule is Nc1nnnn1C(=O)CCC(=O)O. The Morgan fingerprint density at radius 3 is 2.62 bits per heavy atom. The van der Waals surface area contributed by atoms with Crippen molar-refractivity contribution in [3.63, 3.8) is 0 Å². The average Bonchev–Trinajstić information content (AvgIpc) is 2.47. The topological polar surface area (TPSA) is 124 Å². The fraction of sp³-hybridized carbons (Fsp3) is 0.400. The molecule has 0 radical (unpaired) electrons. The van der Waals surface area contributed by atoms with Crippen LogP contribution in [0.3, 0.4) is 0 Å². The number of hydrogen-bond acceptors (Lipinski definition) is 6. The molecule has 1 aromatic heterocycles. The fourth-order valence-corrected chi connectivity index (χ4v) is 0.691. The molecule has 0 aliphatic rings. The van der Waals surface area contributed by atoms with Crippen LogP contribution in [0.1, 0.15) is 17.6 Å². The molecule has 0 aliphatic heterocycles. The Bertz CT molecular complexity index is 333. The van der Waals surface area contributed by atoms with Gasteiger partial charge in [-0.05, 0) is 10.4 Å². The van der Waals surface area contributed by atoms with Crippen LogP contribution in [-0.4, -0.2) is 37.2 Å². The van der Waals surface area contributed by atoms with Gasteiger partial charge in [0.05, 0.1) is 6.42 Å². The van der Waals surface area contributed by atoms with Crippen molar-refractivity contribution in [2.45, 2.75) is 12.8 Å². The molecule has 1 heterocycles. The summed E-state index contributed by atoms with van der Waals surface area (Å²) in [6.07, 6.45) is -0.442. The molecule has 1 rings (SSSR count). The van der Waals surface area contributed by atoms with Gasteiger partial charge in [-0.2, -0.15) is 0 Å². The minimum Gasteiger partial charge on any atom is -0.481 e. The number of nitrogens with two attached hydrogens (primary N) is 1. The van der Waals surface area contributed by atoms with Crippen molar-refractivity contribution < 1.29 is 14.7 Å². The molecular formula is C5H7N5O3. The number of aromatic nitrogens is 4. The molecule has 0 amide bonds. The number of nitrogen functional groups attached to an aromatic ring is 1. The quantitative estimate of drug-likeness (QED) is 0.564. The first-order chi connectivity index (χ1) is 6.11. The van der Waals surface area contributed by atoms with E-state index in [-0.39, 0.29) is 18.8 Å². The highest BCUT2D eigenvalue weighted by molar-refractivity contribution is 5.83. The Labute approximate surface area is 72.3 Å². The van der Waals surface area contributed by atoms with Crippen LogP contribution in [0.2, 0.25) is 0 Å². The molecule has 0 saturated heterocycles. The third kappa shape index (κ3) is 2.22. The summed E-state index contributed by atoms with van der Waals surface area (Å²) in [5.41, 5.74) is 5.21. The molecule has 8 nitrogen and oxygen atoms in total. The van der Waals surface area contributed by atoms with Crippen molar-refractivity contribution in [1.82, 2.24) is 20.2 Å². The van der Waals surface area contributed by atoms with Crippen molar-refractivity contribution >= 4 is 17.8 Å². The lowest BCUT2D eigenvalue weighted by Gasteiger charge is -1.96. The van der Waals surface area contributed by atoms with Crippen LogP contribution in [0, 0.1) is 0 Å². The predicted octanol–water partition coefficient (Wildman–Crippen LogP) is -1.24. The molecule has 0 saturated carbocycles. The number of carbonyl (C=O) groups is 2. The number of aliphatic carboxylic acids is 1. The number of nitrogens with zero attached hydrogens (tertiary/aromatic N) is 4. The third-order valence-electron chi connectivity index (χ3n) is 1.28. The Morgan fingerprint density at radius 1 is 1.46 bits per heavy atom. The summed E-state index contributed by atoms with van der Waals surface area (Å²) in [7, 11) is 0. The first-order valence-electron chi connectivity index (χ1n) is 3.40. The van der Waals surface area contributed by atoms with Crippen molar-refractivity contribution in [3.05, 3.63) is 0 Å². The zero-order valence-electron chi connectivity index (χ0n) is 6.54. The molecule has 8 heteroatoms. The van der Waals surface area contributed by atoms with Gasteiger partial charge in [0.1, 0.15) is 0 Å². The second-order valence-corrected chi connectivity index (χ2v) is 2.24. The van der Waals surface area contributed by atoms with E-state index in [0.29, 0.717) is 0 Å². The van der Waals surface area contributed by atoms with Crippen LogP contribution in [0.5, 0.6) is 0 Å². The van der Waals surface area contributed by atoms with Crippen LogP contribution < -0.4 is 5.73 Å². The van der Waals surface area contributed by atoms with Crippen LogP contribution in [0.4, 0.5) is 5.95 Å². The fourth-order valence-electron chi connectivity index (χ4n) is 0.691. The van der Waals surface area contributed by atoms with Gasteiger partial charge in [-0.25, -0.2) is 0 Å². The van der Waals surface area contributed by atoms with Gasteiger partial charge in [-0.15, -0.1) is 4.68 Å². The van der Waals surface area contributed by atoms with E-state index in [4.69, 9.17) is 10.8 Å². The van der Waals surface area contributed by atoms with E-state index in [0.717, 1.165) is 4.68 Å². The van der Waals surface area contributed by atoms with Gasteiger partial charge >= 0.3 is 5.97 Å². The minimum atomic E-state index is -1.06. The first kappa shape index (κ1) is 9.10. The summed E-state index contributed by atoms with van der Waals surface area (Å²) in [6.45, 7) is 0. The minimum absolute atomic E-state index is 0.143. The lowest BCUT2D eigenvalue weighted by Crippen LogP contribution is -2.16. The van der Waals surface area contributed by atoms with Gasteiger partial charge in [0, 0.05) is 6.42 Å². The summed E-state index contributed by atoms with van der Waals surface area (Å²) in [5, 5.41) is 18.0. The summed E-state index contributed by atoms with van der Waals surface area (Å²) in [6, 6.07) is 0. The van der Waals surface area contributed by atoms with E-state index >= 15 is 0 Å². The van der Waals surface area contributed by atoms with Crippen molar-refractivity contribution in [2.75, 3.05) is 5.73 Å². The Hall–Kier alpha value is -1.99. The van der Waals surface area contributed by atoms with E-state index in [1.807, 2.05) is 0 Å². The molecule has 1 aromatic rings. The number of anilines is 1. The van der Waals surface area contributed by atoms with Crippen molar-refractivity contribution in [2.24, 2.45) is 0 Å². The number of carboxylic acids is 1. The summed E-state index contributed by atoms with van der Waals surface area (Å²) in [5.74, 6) is -1.74. The van der Waals surface area contributed by atoms with Gasteiger partial charge in [0.25, 0.3) is 5.91 Å². The lowest BCUT2D eigenvalue weighted by molar-refractivity contribution is -0.137. The van der Waals surface area contributed by atoms with E-state index in [2.05, 4.69) is 15.5 Å². The molecule has 70 valence electrons. The monoisotopic (exact) mass is 185 g/mol. The van der Waals surface area contributed by atoms with Crippen molar-refractivity contribution in [1.29, 1.82) is 0 Å². The highest BCUT2D eigenvalue weighted by atomic mass is 16.4. The molecule has 0 aliphatic carbocycles. The van der Waals surface area contributed by atoms with Gasteiger partial charge in [0.15, 0.2) is 0 Å². The highest BCUT2D eigenvalue weighted by Crippen LogP contribution is 1.97. The zero-order chi connectivity index (χ0) is 9.84. The normalized spacial score (nSPS) is 9.85. The number of carbonyl (C=O) groups excluding carboxylic acids is 1. The van der Waals surface area contributed by atoms with Gasteiger partial charge < -0.3 is 10.8 Å². The van der Waals surface area contributed by atoms with Gasteiger partial charge in [-0.3, -0.25) is 9.59 Å². The average molecular weight is 185 g/mol. The van der Waals surface area contributed by atoms with E-state index < -0.39 is 11.9 Å². The molecular weight excluding hydrogens is 178 g/mol. The smallest absolute Gasteiger partial charge is 0.303 e. The molecule has 3 N–H and O–H groups in total. The molecule has 0 bridgehead atoms. The van der Waals surface area contributed by atoms with Crippen LogP contribution >= 0.6 is 0 Å². The van der Waals surface area contributed by atoms with Gasteiger partial charge in [-0.1, -0.05) is 5.10 Å². The second kappa shape index (κ2) is 3.61. The number of hydrogen-bond donors (Lipinski definition) is 2. The summed E-state index contributed by atoms with van der Waals surface area (Å²) < 4.78 is 0.767. The van der Waals surface area contributed by atoms with Crippen LogP contribution in [0.25, 0.3) is 0 Å². The predicted molar refractivity (Wildman–Crippen MR) is 39.7 cm³/mol.